The lowest BCUT2D eigenvalue weighted by Gasteiger charge is -2.31. The lowest BCUT2D eigenvalue weighted by molar-refractivity contribution is -0.141. The summed E-state index contributed by atoms with van der Waals surface area (Å²) in [5.74, 6) is 0.931. The van der Waals surface area contributed by atoms with E-state index in [1.807, 2.05) is 45.0 Å². The minimum absolute atomic E-state index is 0.0924. The van der Waals surface area contributed by atoms with Gasteiger partial charge in [0.1, 0.15) is 17.5 Å². The second-order valence-corrected chi connectivity index (χ2v) is 10.5. The normalized spacial score (nSPS) is 11.9. The number of likely N-dealkylation sites (N-methyl/N-ethyl adjacent to an activating group) is 1. The number of hydrogen-bond acceptors (Lipinski definition) is 6. The van der Waals surface area contributed by atoms with E-state index in [2.05, 4.69) is 5.32 Å². The third-order valence-electron chi connectivity index (χ3n) is 5.84. The zero-order valence-corrected chi connectivity index (χ0v) is 23.2. The highest BCUT2D eigenvalue weighted by molar-refractivity contribution is 7.92. The maximum atomic E-state index is 13.4. The van der Waals surface area contributed by atoms with Gasteiger partial charge in [0.2, 0.25) is 21.8 Å². The number of nitrogens with one attached hydrogen (secondary N) is 1. The van der Waals surface area contributed by atoms with E-state index in [9.17, 15) is 18.0 Å². The van der Waals surface area contributed by atoms with Gasteiger partial charge in [-0.25, -0.2) is 8.42 Å². The molecule has 0 bridgehead atoms. The number of sulfonamides is 1. The average Bonchev–Trinajstić information content (AvgIpc) is 2.87. The monoisotopic (exact) mass is 533 g/mol. The SMILES string of the molecule is CCNC(=O)[C@@H](CC)N(Cc1ccc(OC)cc1)C(=O)CCCN(c1ccc(OCC)cc1)S(C)(=O)=O. The van der Waals surface area contributed by atoms with Gasteiger partial charge in [0.25, 0.3) is 0 Å². The molecule has 2 rings (SSSR count). The number of rotatable bonds is 15. The Hall–Kier alpha value is -3.27. The number of anilines is 1. The van der Waals surface area contributed by atoms with Crippen LogP contribution in [0.4, 0.5) is 5.69 Å². The predicted molar refractivity (Wildman–Crippen MR) is 145 cm³/mol. The van der Waals surface area contributed by atoms with Crippen molar-refractivity contribution < 1.29 is 27.5 Å². The van der Waals surface area contributed by atoms with Crippen LogP contribution in [0, 0.1) is 0 Å². The number of methoxy groups -OCH3 is 1. The van der Waals surface area contributed by atoms with E-state index < -0.39 is 16.1 Å². The molecule has 2 aromatic carbocycles. The molecule has 1 N–H and O–H groups in total. The van der Waals surface area contributed by atoms with Gasteiger partial charge < -0.3 is 19.7 Å². The first-order chi connectivity index (χ1) is 17.6. The standard InChI is InChI=1S/C27H39N3O6S/c1-6-25(27(32)28-7-2)29(20-21-11-15-23(35-4)16-12-21)26(31)10-9-19-30(37(5,33)34)22-13-17-24(18-14-22)36-8-3/h11-18,25H,6-10,19-20H2,1-5H3,(H,28,32)/t25-/m1/s1. The van der Waals surface area contributed by atoms with Gasteiger partial charge in [0.05, 0.1) is 25.7 Å². The van der Waals surface area contributed by atoms with Crippen LogP contribution in [0.25, 0.3) is 0 Å². The summed E-state index contributed by atoms with van der Waals surface area (Å²) < 4.78 is 36.9. The Labute approximate surface area is 220 Å². The van der Waals surface area contributed by atoms with Gasteiger partial charge in [-0.3, -0.25) is 13.9 Å². The molecule has 0 spiro atoms. The molecule has 1 atom stereocenters. The van der Waals surface area contributed by atoms with Gasteiger partial charge in [-0.05, 0) is 68.7 Å². The number of ether oxygens (including phenoxy) is 2. The molecule has 0 aromatic heterocycles. The topological polar surface area (TPSA) is 105 Å². The van der Waals surface area contributed by atoms with Crippen molar-refractivity contribution in [2.24, 2.45) is 0 Å². The summed E-state index contributed by atoms with van der Waals surface area (Å²) in [5, 5.41) is 2.81. The molecule has 0 aliphatic rings. The molecule has 0 radical (unpaired) electrons. The Bertz CT molecular complexity index is 1100. The lowest BCUT2D eigenvalue weighted by atomic mass is 10.1. The van der Waals surface area contributed by atoms with Gasteiger partial charge in [0, 0.05) is 26.1 Å². The van der Waals surface area contributed by atoms with Crippen molar-refractivity contribution in [3.05, 3.63) is 54.1 Å². The van der Waals surface area contributed by atoms with Crippen LogP contribution in [0.15, 0.2) is 48.5 Å². The molecule has 2 amide bonds. The van der Waals surface area contributed by atoms with Crippen LogP contribution in [-0.4, -0.2) is 64.2 Å². The summed E-state index contributed by atoms with van der Waals surface area (Å²) in [5.41, 5.74) is 1.37. The maximum absolute atomic E-state index is 13.4. The maximum Gasteiger partial charge on any atom is 0.242 e. The van der Waals surface area contributed by atoms with E-state index in [4.69, 9.17) is 9.47 Å². The molecule has 2 aromatic rings. The summed E-state index contributed by atoms with van der Waals surface area (Å²) >= 11 is 0. The van der Waals surface area contributed by atoms with Gasteiger partial charge >= 0.3 is 0 Å². The molecule has 0 saturated carbocycles. The number of nitrogens with zero attached hydrogens (tertiary/aromatic N) is 2. The predicted octanol–water partition coefficient (Wildman–Crippen LogP) is 3.58. The van der Waals surface area contributed by atoms with E-state index in [1.54, 1.807) is 36.3 Å². The van der Waals surface area contributed by atoms with Crippen LogP contribution in [0.3, 0.4) is 0 Å². The Balaban J connectivity index is 2.18. The number of hydrogen-bond donors (Lipinski definition) is 1. The minimum Gasteiger partial charge on any atom is -0.497 e. The molecular weight excluding hydrogens is 494 g/mol. The fourth-order valence-corrected chi connectivity index (χ4v) is 4.98. The molecule has 37 heavy (non-hydrogen) atoms. The van der Waals surface area contributed by atoms with E-state index in [1.165, 1.54) is 4.31 Å². The van der Waals surface area contributed by atoms with Crippen molar-refractivity contribution in [3.63, 3.8) is 0 Å². The lowest BCUT2D eigenvalue weighted by Crippen LogP contribution is -2.49. The van der Waals surface area contributed by atoms with Crippen LogP contribution in [-0.2, 0) is 26.2 Å². The van der Waals surface area contributed by atoms with Crippen molar-refractivity contribution in [1.82, 2.24) is 10.2 Å². The Kier molecular flexibility index (Phi) is 11.7. The van der Waals surface area contributed by atoms with Crippen LogP contribution < -0.4 is 19.1 Å². The van der Waals surface area contributed by atoms with E-state index in [0.717, 1.165) is 11.8 Å². The van der Waals surface area contributed by atoms with Crippen LogP contribution in [0.1, 0.15) is 45.6 Å². The van der Waals surface area contributed by atoms with Crippen LogP contribution in [0.2, 0.25) is 0 Å². The Morgan fingerprint density at radius 3 is 2.11 bits per heavy atom. The van der Waals surface area contributed by atoms with Gasteiger partial charge in [-0.2, -0.15) is 0 Å². The molecular formula is C27H39N3O6S. The van der Waals surface area contributed by atoms with Crippen molar-refractivity contribution in [2.45, 2.75) is 52.6 Å². The summed E-state index contributed by atoms with van der Waals surface area (Å²) in [6.07, 6.45) is 1.98. The van der Waals surface area contributed by atoms with Crippen molar-refractivity contribution in [2.75, 3.05) is 37.4 Å². The molecule has 0 saturated heterocycles. The zero-order valence-electron chi connectivity index (χ0n) is 22.4. The second-order valence-electron chi connectivity index (χ2n) is 8.55. The highest BCUT2D eigenvalue weighted by Crippen LogP contribution is 2.23. The molecule has 0 aliphatic heterocycles. The van der Waals surface area contributed by atoms with Gasteiger partial charge in [-0.15, -0.1) is 0 Å². The van der Waals surface area contributed by atoms with Crippen LogP contribution in [0.5, 0.6) is 11.5 Å². The quantitative estimate of drug-likeness (QED) is 0.375. The fraction of sp³-hybridized carbons (Fsp3) is 0.481. The molecule has 0 heterocycles. The largest absolute Gasteiger partial charge is 0.497 e. The second kappa shape index (κ2) is 14.5. The van der Waals surface area contributed by atoms with Crippen molar-refractivity contribution in [3.8, 4) is 11.5 Å². The first-order valence-electron chi connectivity index (χ1n) is 12.5. The van der Waals surface area contributed by atoms with E-state index in [-0.39, 0.29) is 31.3 Å². The Morgan fingerprint density at radius 2 is 1.59 bits per heavy atom. The van der Waals surface area contributed by atoms with Gasteiger partial charge in [0.15, 0.2) is 0 Å². The number of benzene rings is 2. The Morgan fingerprint density at radius 1 is 0.973 bits per heavy atom. The first-order valence-corrected chi connectivity index (χ1v) is 14.4. The molecule has 0 fully saturated rings. The number of carbonyl (C=O) groups excluding carboxylic acids is 2. The zero-order chi connectivity index (χ0) is 27.4. The summed E-state index contributed by atoms with van der Waals surface area (Å²) in [7, 11) is -1.98. The first kappa shape index (κ1) is 30.0. The molecule has 10 heteroatoms. The number of carbonyl (C=O) groups is 2. The van der Waals surface area contributed by atoms with Crippen molar-refractivity contribution in [1.29, 1.82) is 0 Å². The highest BCUT2D eigenvalue weighted by Gasteiger charge is 2.28. The smallest absolute Gasteiger partial charge is 0.242 e. The third kappa shape index (κ3) is 8.96. The number of amides is 2. The van der Waals surface area contributed by atoms with Crippen molar-refractivity contribution >= 4 is 27.5 Å². The molecule has 204 valence electrons. The molecule has 9 nitrogen and oxygen atoms in total. The molecule has 0 aliphatic carbocycles. The summed E-state index contributed by atoms with van der Waals surface area (Å²) in [6.45, 7) is 6.94. The van der Waals surface area contributed by atoms with E-state index in [0.29, 0.717) is 43.2 Å². The average molecular weight is 534 g/mol. The fourth-order valence-electron chi connectivity index (χ4n) is 4.02. The van der Waals surface area contributed by atoms with Gasteiger partial charge in [-0.1, -0.05) is 19.1 Å². The third-order valence-corrected chi connectivity index (χ3v) is 7.03. The summed E-state index contributed by atoms with van der Waals surface area (Å²) in [6, 6.07) is 13.5. The summed E-state index contributed by atoms with van der Waals surface area (Å²) in [4.78, 5) is 27.7. The van der Waals surface area contributed by atoms with Crippen LogP contribution >= 0.6 is 0 Å². The molecule has 0 unspecified atom stereocenters. The minimum atomic E-state index is -3.57. The van der Waals surface area contributed by atoms with E-state index >= 15 is 0 Å². The highest BCUT2D eigenvalue weighted by atomic mass is 32.2.